The van der Waals surface area contributed by atoms with Gasteiger partial charge in [0.2, 0.25) is 5.95 Å². The summed E-state index contributed by atoms with van der Waals surface area (Å²) >= 11 is 0. The fourth-order valence-corrected chi connectivity index (χ4v) is 2.11. The molecule has 0 spiro atoms. The van der Waals surface area contributed by atoms with Crippen molar-refractivity contribution >= 4 is 17.5 Å². The van der Waals surface area contributed by atoms with Gasteiger partial charge in [0, 0.05) is 31.7 Å². The van der Waals surface area contributed by atoms with Crippen LogP contribution in [0.15, 0.2) is 36.7 Å². The molecule has 0 aliphatic carbocycles. The molecule has 1 heterocycles. The largest absolute Gasteiger partial charge is 0.383 e. The molecule has 2 aromatic rings. The van der Waals surface area contributed by atoms with E-state index in [9.17, 15) is 4.79 Å². The highest BCUT2D eigenvalue weighted by Gasteiger charge is 2.11. The number of hydrogen-bond donors (Lipinski definition) is 2. The van der Waals surface area contributed by atoms with Gasteiger partial charge in [-0.25, -0.2) is 9.97 Å². The second kappa shape index (κ2) is 8.24. The maximum atomic E-state index is 12.3. The van der Waals surface area contributed by atoms with Gasteiger partial charge < -0.3 is 15.4 Å². The molecule has 0 fully saturated rings. The van der Waals surface area contributed by atoms with Gasteiger partial charge in [-0.15, -0.1) is 0 Å². The molecule has 2 N–H and O–H groups in total. The molecule has 0 radical (unpaired) electrons. The van der Waals surface area contributed by atoms with Crippen molar-refractivity contribution in [3.05, 3.63) is 47.8 Å². The maximum absolute atomic E-state index is 12.3. The smallest absolute Gasteiger partial charge is 0.258 e. The number of carbonyl (C=O) groups excluding carboxylic acids is 1. The molecule has 6 nitrogen and oxygen atoms in total. The van der Waals surface area contributed by atoms with E-state index in [1.807, 2.05) is 24.3 Å². The van der Waals surface area contributed by atoms with Crippen LogP contribution < -0.4 is 10.6 Å². The van der Waals surface area contributed by atoms with Gasteiger partial charge in [-0.2, -0.15) is 0 Å². The summed E-state index contributed by atoms with van der Waals surface area (Å²) in [7, 11) is 1.63. The quantitative estimate of drug-likeness (QED) is 0.769. The summed E-state index contributed by atoms with van der Waals surface area (Å²) in [5.41, 5.74) is 2.33. The van der Waals surface area contributed by atoms with Crippen molar-refractivity contribution in [2.24, 2.45) is 0 Å². The van der Waals surface area contributed by atoms with Gasteiger partial charge in [-0.05, 0) is 17.5 Å². The van der Waals surface area contributed by atoms with Crippen LogP contribution in [-0.4, -0.2) is 36.1 Å². The topological polar surface area (TPSA) is 76.1 Å². The minimum atomic E-state index is -0.221. The summed E-state index contributed by atoms with van der Waals surface area (Å²) in [6, 6.07) is 7.78. The van der Waals surface area contributed by atoms with E-state index in [1.54, 1.807) is 7.11 Å². The third kappa shape index (κ3) is 4.75. The van der Waals surface area contributed by atoms with E-state index in [2.05, 4.69) is 34.4 Å². The van der Waals surface area contributed by atoms with Crippen LogP contribution in [0.2, 0.25) is 0 Å². The normalized spacial score (nSPS) is 10.6. The van der Waals surface area contributed by atoms with Crippen LogP contribution in [0.5, 0.6) is 0 Å². The summed E-state index contributed by atoms with van der Waals surface area (Å²) < 4.78 is 4.94. The lowest BCUT2D eigenvalue weighted by Crippen LogP contribution is -2.15. The number of ether oxygens (including phenoxy) is 1. The molecule has 0 aliphatic heterocycles. The summed E-state index contributed by atoms with van der Waals surface area (Å²) in [6.07, 6.45) is 3.02. The molecular weight excluding hydrogens is 292 g/mol. The molecule has 0 saturated carbocycles. The fourth-order valence-electron chi connectivity index (χ4n) is 2.11. The monoisotopic (exact) mass is 314 g/mol. The minimum Gasteiger partial charge on any atom is -0.383 e. The number of para-hydroxylation sites is 1. The number of benzene rings is 1. The van der Waals surface area contributed by atoms with E-state index in [0.717, 1.165) is 11.3 Å². The number of nitrogens with zero attached hydrogens (tertiary/aromatic N) is 2. The lowest BCUT2D eigenvalue weighted by Gasteiger charge is -2.13. The van der Waals surface area contributed by atoms with Crippen molar-refractivity contribution < 1.29 is 9.53 Å². The van der Waals surface area contributed by atoms with E-state index in [0.29, 0.717) is 30.6 Å². The number of hydrogen-bond acceptors (Lipinski definition) is 5. The standard InChI is InChI=1S/C17H22N4O2/c1-12(2)14-6-4-5-7-15(14)21-16(22)13-10-19-17(20-11-13)18-8-9-23-3/h4-7,10-12H,8-9H2,1-3H3,(H,21,22)(H,18,19,20). The molecule has 0 aliphatic rings. The van der Waals surface area contributed by atoms with Crippen LogP contribution in [0, 0.1) is 0 Å². The Morgan fingerprint density at radius 1 is 1.22 bits per heavy atom. The summed E-state index contributed by atoms with van der Waals surface area (Å²) in [6.45, 7) is 5.37. The lowest BCUT2D eigenvalue weighted by atomic mass is 10.0. The molecule has 0 bridgehead atoms. The zero-order valence-electron chi connectivity index (χ0n) is 13.7. The molecule has 0 atom stereocenters. The minimum absolute atomic E-state index is 0.221. The number of nitrogens with one attached hydrogen (secondary N) is 2. The molecule has 122 valence electrons. The molecule has 0 saturated heterocycles. The van der Waals surface area contributed by atoms with Gasteiger partial charge in [0.1, 0.15) is 0 Å². The molecule has 0 unspecified atom stereocenters. The van der Waals surface area contributed by atoms with Gasteiger partial charge >= 0.3 is 0 Å². The second-order valence-corrected chi connectivity index (χ2v) is 5.41. The van der Waals surface area contributed by atoms with Crippen LogP contribution in [-0.2, 0) is 4.74 Å². The lowest BCUT2D eigenvalue weighted by molar-refractivity contribution is 0.102. The highest BCUT2D eigenvalue weighted by atomic mass is 16.5. The molecule has 1 amide bonds. The SMILES string of the molecule is COCCNc1ncc(C(=O)Nc2ccccc2C(C)C)cn1. The highest BCUT2D eigenvalue weighted by Crippen LogP contribution is 2.24. The number of methoxy groups -OCH3 is 1. The second-order valence-electron chi connectivity index (χ2n) is 5.41. The van der Waals surface area contributed by atoms with Gasteiger partial charge in [0.05, 0.1) is 12.2 Å². The van der Waals surface area contributed by atoms with Crippen molar-refractivity contribution in [1.29, 1.82) is 0 Å². The fraction of sp³-hybridized carbons (Fsp3) is 0.353. The number of rotatable bonds is 7. The summed E-state index contributed by atoms with van der Waals surface area (Å²) in [4.78, 5) is 20.6. The van der Waals surface area contributed by atoms with Crippen molar-refractivity contribution in [1.82, 2.24) is 9.97 Å². The van der Waals surface area contributed by atoms with Crippen molar-refractivity contribution in [3.8, 4) is 0 Å². The van der Waals surface area contributed by atoms with E-state index in [4.69, 9.17) is 4.74 Å². The van der Waals surface area contributed by atoms with E-state index < -0.39 is 0 Å². The molecule has 1 aromatic carbocycles. The first-order valence-corrected chi connectivity index (χ1v) is 7.57. The number of carbonyl (C=O) groups is 1. The van der Waals surface area contributed by atoms with E-state index >= 15 is 0 Å². The molecular formula is C17H22N4O2. The van der Waals surface area contributed by atoms with Crippen molar-refractivity contribution in [2.45, 2.75) is 19.8 Å². The average molecular weight is 314 g/mol. The van der Waals surface area contributed by atoms with Crippen molar-refractivity contribution in [2.75, 3.05) is 30.9 Å². The molecule has 23 heavy (non-hydrogen) atoms. The Balaban J connectivity index is 2.04. The molecule has 1 aromatic heterocycles. The van der Waals surface area contributed by atoms with E-state index in [1.165, 1.54) is 12.4 Å². The first-order chi connectivity index (χ1) is 11.1. The Labute approximate surface area is 136 Å². The first kappa shape index (κ1) is 16.9. The predicted octanol–water partition coefficient (Wildman–Crippen LogP) is 2.91. The Bertz CT molecular complexity index is 641. The number of anilines is 2. The third-order valence-electron chi connectivity index (χ3n) is 3.33. The van der Waals surface area contributed by atoms with Gasteiger partial charge in [-0.3, -0.25) is 4.79 Å². The average Bonchev–Trinajstić information content (AvgIpc) is 2.56. The number of amides is 1. The van der Waals surface area contributed by atoms with Crippen LogP contribution in [0.3, 0.4) is 0 Å². The van der Waals surface area contributed by atoms with Crippen LogP contribution in [0.25, 0.3) is 0 Å². The Hall–Kier alpha value is -2.47. The highest BCUT2D eigenvalue weighted by molar-refractivity contribution is 6.04. The zero-order chi connectivity index (χ0) is 16.7. The molecule has 2 rings (SSSR count). The Kier molecular flexibility index (Phi) is 6.05. The Morgan fingerprint density at radius 2 is 1.91 bits per heavy atom. The Morgan fingerprint density at radius 3 is 2.57 bits per heavy atom. The van der Waals surface area contributed by atoms with Gasteiger partial charge in [-0.1, -0.05) is 32.0 Å². The predicted molar refractivity (Wildman–Crippen MR) is 90.9 cm³/mol. The molecule has 6 heteroatoms. The van der Waals surface area contributed by atoms with Crippen LogP contribution >= 0.6 is 0 Å². The maximum Gasteiger partial charge on any atom is 0.258 e. The zero-order valence-corrected chi connectivity index (χ0v) is 13.7. The third-order valence-corrected chi connectivity index (χ3v) is 3.33. The number of aromatic nitrogens is 2. The van der Waals surface area contributed by atoms with Crippen LogP contribution in [0.1, 0.15) is 35.7 Å². The van der Waals surface area contributed by atoms with Gasteiger partial charge in [0.25, 0.3) is 5.91 Å². The summed E-state index contributed by atoms with van der Waals surface area (Å²) in [5.74, 6) is 0.581. The first-order valence-electron chi connectivity index (χ1n) is 7.57. The summed E-state index contributed by atoms with van der Waals surface area (Å²) in [5, 5.41) is 5.93. The van der Waals surface area contributed by atoms with Crippen LogP contribution in [0.4, 0.5) is 11.6 Å². The van der Waals surface area contributed by atoms with Gasteiger partial charge in [0.15, 0.2) is 0 Å². The van der Waals surface area contributed by atoms with E-state index in [-0.39, 0.29) is 5.91 Å². The van der Waals surface area contributed by atoms with Crippen molar-refractivity contribution in [3.63, 3.8) is 0 Å².